The van der Waals surface area contributed by atoms with Gasteiger partial charge < -0.3 is 19.5 Å². The van der Waals surface area contributed by atoms with Crippen molar-refractivity contribution in [3.8, 4) is 5.69 Å². The average molecular weight is 392 g/mol. The van der Waals surface area contributed by atoms with Gasteiger partial charge in [0.25, 0.3) is 0 Å². The summed E-state index contributed by atoms with van der Waals surface area (Å²) in [7, 11) is 3.36. The van der Waals surface area contributed by atoms with Gasteiger partial charge in [0.05, 0.1) is 30.5 Å². The Hall–Kier alpha value is -3.19. The van der Waals surface area contributed by atoms with Crippen molar-refractivity contribution in [2.45, 2.75) is 12.1 Å². The third-order valence-electron chi connectivity index (χ3n) is 4.97. The van der Waals surface area contributed by atoms with Crippen molar-refractivity contribution < 1.29 is 9.53 Å². The van der Waals surface area contributed by atoms with Gasteiger partial charge in [-0.1, -0.05) is 12.1 Å². The van der Waals surface area contributed by atoms with E-state index < -0.39 is 0 Å². The number of carbonyl (C=O) groups excluding carboxylic acids is 1. The second-order valence-corrected chi connectivity index (χ2v) is 6.97. The molecule has 1 aliphatic heterocycles. The highest BCUT2D eigenvalue weighted by atomic mass is 32.1. The Balaban J connectivity index is 1.77. The maximum Gasteiger partial charge on any atom is 0.337 e. The molecular formula is C21H20N4O2S. The van der Waals surface area contributed by atoms with Gasteiger partial charge in [0.1, 0.15) is 0 Å². The molecule has 1 aromatic carbocycles. The fourth-order valence-electron chi connectivity index (χ4n) is 3.60. The van der Waals surface area contributed by atoms with E-state index in [1.165, 1.54) is 7.11 Å². The SMILES string of the molecule is COC(=O)c1cccc(-n2cccc2[C@@H]2[C@@H](c3ccccn3)NC(=S)N2C)c1. The number of ether oxygens (including phenoxy) is 1. The molecule has 0 amide bonds. The summed E-state index contributed by atoms with van der Waals surface area (Å²) in [5, 5.41) is 4.06. The topological polar surface area (TPSA) is 59.4 Å². The Morgan fingerprint density at radius 1 is 1.18 bits per heavy atom. The third kappa shape index (κ3) is 3.14. The van der Waals surface area contributed by atoms with Crippen molar-refractivity contribution in [3.63, 3.8) is 0 Å². The van der Waals surface area contributed by atoms with Crippen LogP contribution in [0.15, 0.2) is 67.0 Å². The summed E-state index contributed by atoms with van der Waals surface area (Å²) < 4.78 is 6.92. The average Bonchev–Trinajstić information content (AvgIpc) is 3.33. The molecule has 142 valence electrons. The van der Waals surface area contributed by atoms with E-state index in [0.29, 0.717) is 10.7 Å². The first-order valence-electron chi connectivity index (χ1n) is 8.90. The molecule has 3 heterocycles. The van der Waals surface area contributed by atoms with Gasteiger partial charge in [0, 0.05) is 30.8 Å². The number of hydrogen-bond acceptors (Lipinski definition) is 4. The van der Waals surface area contributed by atoms with E-state index in [9.17, 15) is 4.79 Å². The summed E-state index contributed by atoms with van der Waals surface area (Å²) in [5.74, 6) is -0.359. The Labute approximate surface area is 168 Å². The van der Waals surface area contributed by atoms with Crippen molar-refractivity contribution in [2.24, 2.45) is 0 Å². The van der Waals surface area contributed by atoms with Crippen LogP contribution >= 0.6 is 12.2 Å². The van der Waals surface area contributed by atoms with E-state index in [1.54, 1.807) is 12.3 Å². The van der Waals surface area contributed by atoms with Gasteiger partial charge in [-0.2, -0.15) is 0 Å². The number of nitrogens with one attached hydrogen (secondary N) is 1. The Morgan fingerprint density at radius 2 is 2.04 bits per heavy atom. The lowest BCUT2D eigenvalue weighted by atomic mass is 10.0. The smallest absolute Gasteiger partial charge is 0.337 e. The number of esters is 1. The number of aromatic nitrogens is 2. The maximum absolute atomic E-state index is 11.9. The van der Waals surface area contributed by atoms with Crippen molar-refractivity contribution in [3.05, 3.63) is 83.9 Å². The van der Waals surface area contributed by atoms with Crippen LogP contribution < -0.4 is 5.32 Å². The quantitative estimate of drug-likeness (QED) is 0.543. The van der Waals surface area contributed by atoms with Gasteiger partial charge in [-0.3, -0.25) is 4.98 Å². The molecule has 4 rings (SSSR count). The molecule has 28 heavy (non-hydrogen) atoms. The number of pyridine rings is 1. The minimum Gasteiger partial charge on any atom is -0.465 e. The predicted octanol–water partition coefficient (Wildman–Crippen LogP) is 3.26. The fourth-order valence-corrected chi connectivity index (χ4v) is 3.84. The first kappa shape index (κ1) is 18.2. The molecule has 0 radical (unpaired) electrons. The number of thiocarbonyl (C=S) groups is 1. The number of methoxy groups -OCH3 is 1. The standard InChI is InChI=1S/C21H20N4O2S/c1-24-19(18(23-21(24)28)16-9-3-4-11-22-16)17-10-6-12-25(17)15-8-5-7-14(13-15)20(26)27-2/h3-13,18-19H,1-2H3,(H,23,28)/t18-,19-/m1/s1. The summed E-state index contributed by atoms with van der Waals surface area (Å²) in [6.45, 7) is 0. The number of carbonyl (C=O) groups is 1. The maximum atomic E-state index is 11.9. The highest BCUT2D eigenvalue weighted by Crippen LogP contribution is 2.38. The molecule has 0 unspecified atom stereocenters. The molecule has 6 nitrogen and oxygen atoms in total. The molecule has 0 bridgehead atoms. The van der Waals surface area contributed by atoms with Crippen LogP contribution in [-0.2, 0) is 4.74 Å². The molecule has 1 N–H and O–H groups in total. The Bertz CT molecular complexity index is 1020. The monoisotopic (exact) mass is 392 g/mol. The van der Waals surface area contributed by atoms with Gasteiger partial charge in [-0.05, 0) is 54.7 Å². The third-order valence-corrected chi connectivity index (χ3v) is 5.37. The zero-order valence-electron chi connectivity index (χ0n) is 15.6. The molecular weight excluding hydrogens is 372 g/mol. The van der Waals surface area contributed by atoms with E-state index in [2.05, 4.69) is 20.9 Å². The predicted molar refractivity (Wildman–Crippen MR) is 110 cm³/mol. The number of likely N-dealkylation sites (N-methyl/N-ethyl adjacent to an activating group) is 1. The lowest BCUT2D eigenvalue weighted by Gasteiger charge is -2.25. The lowest BCUT2D eigenvalue weighted by molar-refractivity contribution is 0.0600. The molecule has 7 heteroatoms. The van der Waals surface area contributed by atoms with Crippen LogP contribution in [0, 0.1) is 0 Å². The van der Waals surface area contributed by atoms with Crippen LogP contribution in [0.1, 0.15) is 33.8 Å². The first-order valence-corrected chi connectivity index (χ1v) is 9.31. The summed E-state index contributed by atoms with van der Waals surface area (Å²) >= 11 is 5.52. The summed E-state index contributed by atoms with van der Waals surface area (Å²) in [6.07, 6.45) is 3.77. The summed E-state index contributed by atoms with van der Waals surface area (Å²) in [5.41, 5.74) is 3.37. The number of nitrogens with zero attached hydrogens (tertiary/aromatic N) is 3. The Kier molecular flexibility index (Phi) is 4.83. The number of benzene rings is 1. The van der Waals surface area contributed by atoms with E-state index in [1.807, 2.05) is 60.6 Å². The van der Waals surface area contributed by atoms with E-state index in [4.69, 9.17) is 17.0 Å². The number of hydrogen-bond donors (Lipinski definition) is 1. The van der Waals surface area contributed by atoms with E-state index >= 15 is 0 Å². The van der Waals surface area contributed by atoms with Crippen LogP contribution in [0.4, 0.5) is 0 Å². The van der Waals surface area contributed by atoms with Crippen LogP contribution in [0.3, 0.4) is 0 Å². The largest absolute Gasteiger partial charge is 0.465 e. The molecule has 2 aromatic heterocycles. The second kappa shape index (κ2) is 7.44. The van der Waals surface area contributed by atoms with E-state index in [0.717, 1.165) is 17.1 Å². The molecule has 1 fully saturated rings. The minimum absolute atomic E-state index is 0.0424. The van der Waals surface area contributed by atoms with E-state index in [-0.39, 0.29) is 18.1 Å². The summed E-state index contributed by atoms with van der Waals surface area (Å²) in [6, 6.07) is 17.2. The summed E-state index contributed by atoms with van der Waals surface area (Å²) in [4.78, 5) is 18.5. The van der Waals surface area contributed by atoms with Gasteiger partial charge in [-0.15, -0.1) is 0 Å². The molecule has 0 spiro atoms. The van der Waals surface area contributed by atoms with Crippen LogP contribution in [-0.4, -0.2) is 39.7 Å². The highest BCUT2D eigenvalue weighted by Gasteiger charge is 2.39. The van der Waals surface area contributed by atoms with Crippen molar-refractivity contribution in [1.82, 2.24) is 19.8 Å². The molecule has 0 saturated carbocycles. The first-order chi connectivity index (χ1) is 13.6. The minimum atomic E-state index is -0.359. The normalized spacial score (nSPS) is 18.8. The molecule has 1 aliphatic rings. The van der Waals surface area contributed by atoms with Gasteiger partial charge >= 0.3 is 5.97 Å². The van der Waals surface area contributed by atoms with Crippen molar-refractivity contribution >= 4 is 23.3 Å². The van der Waals surface area contributed by atoms with Gasteiger partial charge in [0.15, 0.2) is 5.11 Å². The zero-order valence-corrected chi connectivity index (χ0v) is 16.4. The molecule has 1 saturated heterocycles. The molecule has 2 atom stereocenters. The molecule has 3 aromatic rings. The Morgan fingerprint density at radius 3 is 2.79 bits per heavy atom. The molecule has 0 aliphatic carbocycles. The lowest BCUT2D eigenvalue weighted by Crippen LogP contribution is -2.25. The fraction of sp³-hybridized carbons (Fsp3) is 0.190. The van der Waals surface area contributed by atoms with Crippen molar-refractivity contribution in [2.75, 3.05) is 14.2 Å². The second-order valence-electron chi connectivity index (χ2n) is 6.58. The van der Waals surface area contributed by atoms with Gasteiger partial charge in [-0.25, -0.2) is 4.79 Å². The van der Waals surface area contributed by atoms with Crippen LogP contribution in [0.5, 0.6) is 0 Å². The van der Waals surface area contributed by atoms with Crippen LogP contribution in [0.25, 0.3) is 5.69 Å². The van der Waals surface area contributed by atoms with Gasteiger partial charge in [0.2, 0.25) is 0 Å². The number of rotatable bonds is 4. The zero-order chi connectivity index (χ0) is 19.7. The highest BCUT2D eigenvalue weighted by molar-refractivity contribution is 7.80. The van der Waals surface area contributed by atoms with Crippen molar-refractivity contribution in [1.29, 1.82) is 0 Å². The van der Waals surface area contributed by atoms with Crippen LogP contribution in [0.2, 0.25) is 0 Å².